The van der Waals surface area contributed by atoms with Gasteiger partial charge in [0.2, 0.25) is 0 Å². The molecule has 1 saturated heterocycles. The number of amides is 1. The molecular weight excluding hydrogens is 798 g/mol. The topological polar surface area (TPSA) is 240 Å². The number of hydrogen-bond acceptors (Lipinski definition) is 16. The summed E-state index contributed by atoms with van der Waals surface area (Å²) >= 11 is 0. The van der Waals surface area contributed by atoms with Crippen molar-refractivity contribution in [2.45, 2.75) is 155 Å². The van der Waals surface area contributed by atoms with Crippen LogP contribution in [0.5, 0.6) is 0 Å². The number of aliphatic hydroxyl groups is 3. The lowest BCUT2D eigenvalue weighted by molar-refractivity contribution is -0.345. The van der Waals surface area contributed by atoms with Crippen LogP contribution in [0.15, 0.2) is 41.5 Å². The van der Waals surface area contributed by atoms with Gasteiger partial charge in [0.15, 0.2) is 23.6 Å². The maximum atomic E-state index is 15.6. The van der Waals surface area contributed by atoms with Gasteiger partial charge in [-0.3, -0.25) is 9.59 Å². The van der Waals surface area contributed by atoms with E-state index in [1.165, 1.54) is 32.9 Å². The van der Waals surface area contributed by atoms with Gasteiger partial charge in [-0.25, -0.2) is 19.2 Å². The molecule has 1 aliphatic heterocycles. The van der Waals surface area contributed by atoms with Gasteiger partial charge in [-0.1, -0.05) is 52.8 Å². The zero-order valence-electron chi connectivity index (χ0n) is 37.2. The molecule has 1 aromatic rings. The highest BCUT2D eigenvalue weighted by molar-refractivity contribution is 5.95. The standard InChI is InChI=1S/C44H61NO16/c1-22-27-29(57-23(2)46)32(49)42(12)25(47)19-26-43(21-56-26,61-37(53)55-13)30(42)33(58-34(50)24-17-15-14-16-18-24)44(54,40(27,9)10)20-41(22,11)59-35(51)28(48)31(38(3,4)5)45-36(52)60-39(6,7)8/h14-18,25-26,28-31,33,47-48,54H,19-21H2,1-13H3,(H,45,52)/t25?,26-,28-,29-,30?,31-,33+,41-,42-,43+,44-/m1/s1. The van der Waals surface area contributed by atoms with E-state index in [-0.39, 0.29) is 29.7 Å². The number of rotatable bonds is 8. The van der Waals surface area contributed by atoms with Crippen LogP contribution in [0.1, 0.15) is 106 Å². The van der Waals surface area contributed by atoms with Crippen LogP contribution in [-0.2, 0) is 47.5 Å². The molecule has 2 saturated carbocycles. The van der Waals surface area contributed by atoms with E-state index in [0.29, 0.717) is 0 Å². The minimum absolute atomic E-state index is 0.0342. The van der Waals surface area contributed by atoms with Crippen LogP contribution in [0.3, 0.4) is 0 Å². The zero-order valence-corrected chi connectivity index (χ0v) is 37.2. The summed E-state index contributed by atoms with van der Waals surface area (Å²) in [5.74, 6) is -5.66. The van der Waals surface area contributed by atoms with Crippen molar-refractivity contribution in [1.29, 1.82) is 0 Å². The molecule has 5 rings (SSSR count). The molecule has 4 N–H and O–H groups in total. The Bertz CT molecular complexity index is 1970. The van der Waals surface area contributed by atoms with E-state index >= 15 is 4.79 Å². The van der Waals surface area contributed by atoms with Crippen LogP contribution in [-0.4, -0.2) is 124 Å². The summed E-state index contributed by atoms with van der Waals surface area (Å²) in [4.78, 5) is 83.3. The highest BCUT2D eigenvalue weighted by Gasteiger charge is 2.79. The predicted molar refractivity (Wildman–Crippen MR) is 214 cm³/mol. The highest BCUT2D eigenvalue weighted by Crippen LogP contribution is 2.65. The molecule has 11 atom stereocenters. The highest BCUT2D eigenvalue weighted by atomic mass is 16.8. The van der Waals surface area contributed by atoms with Crippen molar-refractivity contribution in [2.75, 3.05) is 13.7 Å². The molecule has 0 spiro atoms. The average Bonchev–Trinajstić information content (AvgIpc) is 3.13. The third-order valence-corrected chi connectivity index (χ3v) is 13.2. The second-order valence-corrected chi connectivity index (χ2v) is 19.7. The number of ether oxygens (including phenoxy) is 7. The van der Waals surface area contributed by atoms with Crippen molar-refractivity contribution in [3.8, 4) is 0 Å². The van der Waals surface area contributed by atoms with Crippen LogP contribution in [0.4, 0.5) is 9.59 Å². The molecule has 61 heavy (non-hydrogen) atoms. The molecule has 3 fully saturated rings. The van der Waals surface area contributed by atoms with E-state index in [9.17, 15) is 39.3 Å². The van der Waals surface area contributed by atoms with E-state index in [2.05, 4.69) is 5.32 Å². The summed E-state index contributed by atoms with van der Waals surface area (Å²) in [6.07, 6.45) is -11.5. The average molecular weight is 860 g/mol. The second kappa shape index (κ2) is 16.0. The maximum Gasteiger partial charge on any atom is 0.508 e. The summed E-state index contributed by atoms with van der Waals surface area (Å²) in [6, 6.07) is 6.49. The van der Waals surface area contributed by atoms with Gasteiger partial charge < -0.3 is 53.8 Å². The molecule has 1 heterocycles. The Morgan fingerprint density at radius 1 is 0.951 bits per heavy atom. The van der Waals surface area contributed by atoms with Gasteiger partial charge in [0, 0.05) is 25.2 Å². The van der Waals surface area contributed by atoms with Gasteiger partial charge in [0.25, 0.3) is 0 Å². The minimum atomic E-state index is -2.46. The van der Waals surface area contributed by atoms with Crippen molar-refractivity contribution < 1.29 is 77.2 Å². The van der Waals surface area contributed by atoms with Crippen molar-refractivity contribution in [3.63, 3.8) is 0 Å². The molecule has 0 aromatic heterocycles. The largest absolute Gasteiger partial charge is 0.508 e. The van der Waals surface area contributed by atoms with E-state index in [1.807, 2.05) is 0 Å². The minimum Gasteiger partial charge on any atom is -0.455 e. The molecule has 1 amide bonds. The van der Waals surface area contributed by atoms with Gasteiger partial charge in [-0.05, 0) is 70.2 Å². The summed E-state index contributed by atoms with van der Waals surface area (Å²) in [6.45, 7) is 18.0. The number of hydrogen-bond donors (Lipinski definition) is 4. The van der Waals surface area contributed by atoms with Crippen LogP contribution in [0.2, 0.25) is 0 Å². The molecule has 3 aliphatic carbocycles. The summed E-state index contributed by atoms with van der Waals surface area (Å²) in [5, 5.41) is 40.1. The van der Waals surface area contributed by atoms with Crippen molar-refractivity contribution in [1.82, 2.24) is 5.32 Å². The Kier molecular flexibility index (Phi) is 12.4. The predicted octanol–water partition coefficient (Wildman–Crippen LogP) is 4.11. The number of nitrogens with one attached hydrogen (secondary N) is 1. The maximum absolute atomic E-state index is 15.6. The Labute approximate surface area is 355 Å². The Morgan fingerprint density at radius 2 is 1.56 bits per heavy atom. The fraction of sp³-hybridized carbons (Fsp3) is 0.682. The number of carbonyl (C=O) groups excluding carboxylic acids is 6. The first-order valence-electron chi connectivity index (χ1n) is 20.3. The quantitative estimate of drug-likeness (QED) is 0.163. The molecule has 2 bridgehead atoms. The number of benzene rings is 1. The normalized spacial score (nSPS) is 34.0. The molecule has 17 heteroatoms. The van der Waals surface area contributed by atoms with E-state index in [1.54, 1.807) is 73.6 Å². The van der Waals surface area contributed by atoms with Crippen molar-refractivity contribution in [3.05, 3.63) is 47.0 Å². The first kappa shape index (κ1) is 47.5. The van der Waals surface area contributed by atoms with Gasteiger partial charge in [0.1, 0.15) is 29.0 Å². The molecule has 2 unspecified atom stereocenters. The van der Waals surface area contributed by atoms with Crippen molar-refractivity contribution >= 4 is 35.9 Å². The zero-order chi connectivity index (χ0) is 46.1. The van der Waals surface area contributed by atoms with Gasteiger partial charge in [0.05, 0.1) is 42.8 Å². The van der Waals surface area contributed by atoms with E-state index in [4.69, 9.17) is 33.2 Å². The number of ketones is 1. The van der Waals surface area contributed by atoms with Gasteiger partial charge in [-0.2, -0.15) is 0 Å². The Balaban J connectivity index is 1.78. The fourth-order valence-electron chi connectivity index (χ4n) is 9.79. The lowest BCUT2D eigenvalue weighted by Crippen LogP contribution is -2.82. The van der Waals surface area contributed by atoms with Crippen molar-refractivity contribution in [2.24, 2.45) is 22.2 Å². The first-order chi connectivity index (χ1) is 27.9. The molecule has 338 valence electrons. The molecule has 0 radical (unpaired) electrons. The first-order valence-corrected chi connectivity index (χ1v) is 20.3. The van der Waals surface area contributed by atoms with Crippen LogP contribution in [0, 0.1) is 22.2 Å². The Morgan fingerprint density at radius 3 is 2.07 bits per heavy atom. The second-order valence-electron chi connectivity index (χ2n) is 19.7. The van der Waals surface area contributed by atoms with Crippen LogP contribution < -0.4 is 5.32 Å². The smallest absolute Gasteiger partial charge is 0.455 e. The van der Waals surface area contributed by atoms with Crippen LogP contribution >= 0.6 is 0 Å². The third kappa shape index (κ3) is 8.14. The fourth-order valence-corrected chi connectivity index (χ4v) is 9.79. The number of carbonyl (C=O) groups is 6. The third-order valence-electron chi connectivity index (χ3n) is 13.2. The number of methoxy groups -OCH3 is 1. The van der Waals surface area contributed by atoms with E-state index in [0.717, 1.165) is 14.0 Å². The van der Waals surface area contributed by atoms with Gasteiger partial charge >= 0.3 is 30.2 Å². The van der Waals surface area contributed by atoms with Gasteiger partial charge in [-0.15, -0.1) is 0 Å². The number of esters is 3. The number of alkyl carbamates (subject to hydrolysis) is 1. The monoisotopic (exact) mass is 859 g/mol. The summed E-state index contributed by atoms with van der Waals surface area (Å²) in [5.41, 5.74) is -11.9. The SMILES string of the molecule is COC(=O)O[C@@]12CO[C@@H]1CC(O)[C@@]1(C)C(=O)[C@H](OC(C)=O)C3=C(C)[C@](C)(OC(=O)[C@H](O)[C@@H](NC(=O)OC(C)(C)C)C(C)(C)C)C[C@@](O)([C@@H](OC(=O)c4ccccc4)C12)C3(C)C. The number of fused-ring (bicyclic) bond motifs is 5. The van der Waals surface area contributed by atoms with E-state index < -0.39 is 123 Å². The molecule has 1 aromatic carbocycles. The summed E-state index contributed by atoms with van der Waals surface area (Å²) < 4.78 is 40.6. The summed E-state index contributed by atoms with van der Waals surface area (Å²) in [7, 11) is 1.07. The van der Waals surface area contributed by atoms with Crippen LogP contribution in [0.25, 0.3) is 0 Å². The Hall–Kier alpha value is -4.58. The molecule has 4 aliphatic rings. The lowest BCUT2D eigenvalue weighted by Gasteiger charge is -2.67. The molecular formula is C44H61NO16. The lowest BCUT2D eigenvalue weighted by atomic mass is 9.44. The molecule has 17 nitrogen and oxygen atoms in total. The number of Topliss-reactive ketones (excluding diaryl/α,β-unsaturated/α-hetero) is 1. The number of aliphatic hydroxyl groups excluding tert-OH is 2.